The van der Waals surface area contributed by atoms with Crippen LogP contribution in [0.1, 0.15) is 11.9 Å². The van der Waals surface area contributed by atoms with E-state index in [1.54, 1.807) is 0 Å². The van der Waals surface area contributed by atoms with Crippen LogP contribution in [-0.4, -0.2) is 48.0 Å². The van der Waals surface area contributed by atoms with E-state index in [-0.39, 0.29) is 30.9 Å². The van der Waals surface area contributed by atoms with Gasteiger partial charge in [0, 0.05) is 25.3 Å². The maximum Gasteiger partial charge on any atom is 0.244 e. The predicted molar refractivity (Wildman–Crippen MR) is 95.8 cm³/mol. The molecule has 0 bridgehead atoms. The molecule has 1 atom stereocenters. The Morgan fingerprint density at radius 1 is 1.22 bits per heavy atom. The molecule has 4 N–H and O–H groups in total. The number of aromatic nitrogens is 3. The Morgan fingerprint density at radius 3 is 2.57 bits per heavy atom. The van der Waals surface area contributed by atoms with Crippen molar-refractivity contribution < 1.29 is 4.74 Å². The van der Waals surface area contributed by atoms with Crippen molar-refractivity contribution >= 4 is 36.4 Å². The van der Waals surface area contributed by atoms with Crippen molar-refractivity contribution in [2.45, 2.75) is 6.04 Å². The molecule has 1 fully saturated rings. The van der Waals surface area contributed by atoms with E-state index in [1.165, 1.54) is 0 Å². The lowest BCUT2D eigenvalue weighted by molar-refractivity contribution is 0.122. The minimum absolute atomic E-state index is 0. The topological polar surface area (TPSA) is 92.1 Å². The van der Waals surface area contributed by atoms with Gasteiger partial charge in [0.25, 0.3) is 0 Å². The van der Waals surface area contributed by atoms with Crippen LogP contribution in [0.4, 0.5) is 11.6 Å². The highest BCUT2D eigenvalue weighted by Crippen LogP contribution is 2.18. The molecule has 2 heterocycles. The lowest BCUT2D eigenvalue weighted by atomic mass is 10.2. The summed E-state index contributed by atoms with van der Waals surface area (Å²) in [6.45, 7) is 3.50. The van der Waals surface area contributed by atoms with Crippen molar-refractivity contribution in [3.63, 3.8) is 0 Å². The van der Waals surface area contributed by atoms with Gasteiger partial charge in [0.05, 0.1) is 19.3 Å². The summed E-state index contributed by atoms with van der Waals surface area (Å²) in [6, 6.07) is 9.86. The highest BCUT2D eigenvalue weighted by Gasteiger charge is 2.19. The zero-order valence-corrected chi connectivity index (χ0v) is 14.3. The molecule has 1 aliphatic heterocycles. The van der Waals surface area contributed by atoms with E-state index in [0.29, 0.717) is 25.7 Å². The number of nitrogens with two attached hydrogens (primary N) is 1. The zero-order valence-electron chi connectivity index (χ0n) is 12.6. The van der Waals surface area contributed by atoms with Crippen molar-refractivity contribution in [3.05, 3.63) is 36.2 Å². The number of ether oxygens (including phenoxy) is 1. The van der Waals surface area contributed by atoms with Gasteiger partial charge in [-0.15, -0.1) is 29.9 Å². The number of rotatable bonds is 5. The molecule has 23 heavy (non-hydrogen) atoms. The number of benzene rings is 1. The summed E-state index contributed by atoms with van der Waals surface area (Å²) in [4.78, 5) is 6.67. The van der Waals surface area contributed by atoms with Crippen LogP contribution in [0.3, 0.4) is 0 Å². The second kappa shape index (κ2) is 9.57. The first kappa shape index (κ1) is 19.5. The molecule has 128 valence electrons. The van der Waals surface area contributed by atoms with Crippen molar-refractivity contribution in [1.82, 2.24) is 15.2 Å². The van der Waals surface area contributed by atoms with E-state index in [4.69, 9.17) is 10.5 Å². The van der Waals surface area contributed by atoms with Crippen LogP contribution >= 0.6 is 24.8 Å². The molecule has 9 heteroatoms. The smallest absolute Gasteiger partial charge is 0.244 e. The summed E-state index contributed by atoms with van der Waals surface area (Å²) in [6.07, 6.45) is 0. The van der Waals surface area contributed by atoms with Crippen molar-refractivity contribution in [1.29, 1.82) is 0 Å². The fourth-order valence-electron chi connectivity index (χ4n) is 2.30. The first-order valence-electron chi connectivity index (χ1n) is 7.13. The Kier molecular flexibility index (Phi) is 8.11. The molecule has 0 aliphatic carbocycles. The number of nitrogens with zero attached hydrogens (tertiary/aromatic N) is 3. The Labute approximate surface area is 147 Å². The van der Waals surface area contributed by atoms with Gasteiger partial charge in [-0.05, 0) is 12.1 Å². The van der Waals surface area contributed by atoms with Gasteiger partial charge in [0.15, 0.2) is 0 Å². The molecule has 1 aromatic heterocycles. The minimum atomic E-state index is -0.0882. The number of aromatic amines is 1. The van der Waals surface area contributed by atoms with Crippen molar-refractivity contribution in [2.24, 2.45) is 5.73 Å². The van der Waals surface area contributed by atoms with Gasteiger partial charge in [-0.25, -0.2) is 0 Å². The molecule has 0 saturated carbocycles. The summed E-state index contributed by atoms with van der Waals surface area (Å²) >= 11 is 0. The first-order chi connectivity index (χ1) is 10.4. The standard InChI is InChI=1S/C14H20N6O.2ClH/c15-10-12(16-11-4-2-1-3-5-11)13-17-14(19-18-13)20-6-8-21-9-7-20;;/h1-5,12,16H,6-10,15H2,(H,17,18,19);2*1H. The number of hydrogen-bond acceptors (Lipinski definition) is 6. The number of nitrogens with one attached hydrogen (secondary N) is 2. The molecule has 1 unspecified atom stereocenters. The van der Waals surface area contributed by atoms with Crippen molar-refractivity contribution in [3.8, 4) is 0 Å². The first-order valence-corrected chi connectivity index (χ1v) is 7.13. The third-order valence-corrected chi connectivity index (χ3v) is 3.47. The predicted octanol–water partition coefficient (Wildman–Crippen LogP) is 1.60. The van der Waals surface area contributed by atoms with Gasteiger partial charge in [0.2, 0.25) is 5.95 Å². The summed E-state index contributed by atoms with van der Waals surface area (Å²) in [7, 11) is 0. The SMILES string of the molecule is Cl.Cl.NCC(Nc1ccccc1)c1nc(N2CCOCC2)n[nH]1. The number of halogens is 2. The molecule has 0 spiro atoms. The summed E-state index contributed by atoms with van der Waals surface area (Å²) in [5.74, 6) is 1.46. The van der Waals surface area contributed by atoms with Gasteiger partial charge in [-0.1, -0.05) is 18.2 Å². The van der Waals surface area contributed by atoms with Crippen LogP contribution in [0.15, 0.2) is 30.3 Å². The van der Waals surface area contributed by atoms with Crippen LogP contribution in [0.2, 0.25) is 0 Å². The largest absolute Gasteiger partial charge is 0.378 e. The number of H-pyrrole nitrogens is 1. The van der Waals surface area contributed by atoms with Crippen LogP contribution in [-0.2, 0) is 4.74 Å². The average Bonchev–Trinajstić information content (AvgIpc) is 3.04. The van der Waals surface area contributed by atoms with E-state index in [1.807, 2.05) is 30.3 Å². The zero-order chi connectivity index (χ0) is 14.5. The highest BCUT2D eigenvalue weighted by molar-refractivity contribution is 5.85. The third kappa shape index (κ3) is 4.97. The lowest BCUT2D eigenvalue weighted by Gasteiger charge is -2.25. The van der Waals surface area contributed by atoms with E-state index in [0.717, 1.165) is 24.6 Å². The van der Waals surface area contributed by atoms with Crippen molar-refractivity contribution in [2.75, 3.05) is 43.1 Å². The third-order valence-electron chi connectivity index (χ3n) is 3.47. The molecule has 1 saturated heterocycles. The molecule has 3 rings (SSSR count). The second-order valence-corrected chi connectivity index (χ2v) is 4.92. The van der Waals surface area contributed by atoms with E-state index >= 15 is 0 Å². The van der Waals surface area contributed by atoms with E-state index in [2.05, 4.69) is 25.4 Å². The van der Waals surface area contributed by atoms with Gasteiger partial charge in [-0.3, -0.25) is 5.10 Å². The fraction of sp³-hybridized carbons (Fsp3) is 0.429. The second-order valence-electron chi connectivity index (χ2n) is 4.92. The van der Waals surface area contributed by atoms with Gasteiger partial charge < -0.3 is 20.7 Å². The molecule has 0 radical (unpaired) electrons. The van der Waals surface area contributed by atoms with Crippen LogP contribution < -0.4 is 16.0 Å². The normalized spacial score (nSPS) is 15.3. The number of morpholine rings is 1. The molecule has 7 nitrogen and oxygen atoms in total. The van der Waals surface area contributed by atoms with Gasteiger partial charge in [0.1, 0.15) is 5.82 Å². The quantitative estimate of drug-likeness (QED) is 0.749. The fourth-order valence-corrected chi connectivity index (χ4v) is 2.30. The van der Waals surface area contributed by atoms with Crippen LogP contribution in [0.5, 0.6) is 0 Å². The highest BCUT2D eigenvalue weighted by atomic mass is 35.5. The Bertz CT molecular complexity index is 561. The van der Waals surface area contributed by atoms with E-state index in [9.17, 15) is 0 Å². The monoisotopic (exact) mass is 360 g/mol. The minimum Gasteiger partial charge on any atom is -0.378 e. The molecule has 1 aliphatic rings. The van der Waals surface area contributed by atoms with Crippen LogP contribution in [0.25, 0.3) is 0 Å². The van der Waals surface area contributed by atoms with Gasteiger partial charge in [-0.2, -0.15) is 4.98 Å². The maximum absolute atomic E-state index is 5.86. The number of para-hydroxylation sites is 1. The average molecular weight is 361 g/mol. The molecule has 1 aromatic carbocycles. The molecular formula is C14H22Cl2N6O. The summed E-state index contributed by atoms with van der Waals surface area (Å²) in [5, 5.41) is 10.6. The van der Waals surface area contributed by atoms with E-state index < -0.39 is 0 Å². The maximum atomic E-state index is 5.86. The molecular weight excluding hydrogens is 339 g/mol. The number of anilines is 2. The van der Waals surface area contributed by atoms with Crippen LogP contribution in [0, 0.1) is 0 Å². The summed E-state index contributed by atoms with van der Waals surface area (Å²) in [5.41, 5.74) is 6.87. The Balaban J connectivity index is 0.00000132. The molecule has 2 aromatic rings. The Morgan fingerprint density at radius 2 is 1.91 bits per heavy atom. The summed E-state index contributed by atoms with van der Waals surface area (Å²) < 4.78 is 5.34. The molecule has 0 amide bonds. The number of hydrogen-bond donors (Lipinski definition) is 3. The van der Waals surface area contributed by atoms with Gasteiger partial charge >= 0.3 is 0 Å². The Hall–Kier alpha value is -1.54. The lowest BCUT2D eigenvalue weighted by Crippen LogP contribution is -2.37.